The highest BCUT2D eigenvalue weighted by Gasteiger charge is 2.14. The minimum absolute atomic E-state index is 0.116. The number of nitrogens with zero attached hydrogens (tertiary/aromatic N) is 2. The molecule has 0 fully saturated rings. The summed E-state index contributed by atoms with van der Waals surface area (Å²) in [4.78, 5) is 12.1. The molecule has 0 aliphatic rings. The minimum Gasteiger partial charge on any atom is -0.324 e. The monoisotopic (exact) mass is 268 g/mol. The Morgan fingerprint density at radius 1 is 1.45 bits per heavy atom. The van der Waals surface area contributed by atoms with E-state index in [1.54, 1.807) is 30.1 Å². The van der Waals surface area contributed by atoms with Gasteiger partial charge in [0.2, 0.25) is 5.91 Å². The summed E-state index contributed by atoms with van der Waals surface area (Å²) < 4.78 is 1.61. The molecule has 3 N–H and O–H groups in total. The molecule has 1 aromatic carbocycles. The quantitative estimate of drug-likeness (QED) is 0.826. The second-order valence-electron chi connectivity index (χ2n) is 4.23. The average Bonchev–Trinajstić information content (AvgIpc) is 3.00. The third kappa shape index (κ3) is 3.46. The van der Waals surface area contributed by atoms with Crippen molar-refractivity contribution < 1.29 is 4.79 Å². The van der Waals surface area contributed by atoms with Crippen LogP contribution in [0, 0.1) is 11.8 Å². The molecule has 0 bridgehead atoms. The Hall–Kier alpha value is -2.58. The SMILES string of the molecule is CC(C(=O)Nc1ccc(C#CCN)cc1)n1cccn1. The van der Waals surface area contributed by atoms with Crippen LogP contribution < -0.4 is 11.1 Å². The summed E-state index contributed by atoms with van der Waals surface area (Å²) in [6, 6.07) is 8.74. The molecule has 1 atom stereocenters. The summed E-state index contributed by atoms with van der Waals surface area (Å²) in [5.74, 6) is 5.59. The molecule has 5 heteroatoms. The zero-order valence-electron chi connectivity index (χ0n) is 11.2. The summed E-state index contributed by atoms with van der Waals surface area (Å²) in [5.41, 5.74) is 6.91. The number of hydrogen-bond acceptors (Lipinski definition) is 3. The molecule has 0 spiro atoms. The number of hydrogen-bond donors (Lipinski definition) is 2. The first-order valence-corrected chi connectivity index (χ1v) is 6.29. The van der Waals surface area contributed by atoms with E-state index in [0.717, 1.165) is 11.3 Å². The van der Waals surface area contributed by atoms with Gasteiger partial charge in [0.25, 0.3) is 0 Å². The highest BCUT2D eigenvalue weighted by Crippen LogP contribution is 2.12. The third-order valence-electron chi connectivity index (χ3n) is 2.79. The van der Waals surface area contributed by atoms with E-state index in [-0.39, 0.29) is 11.9 Å². The van der Waals surface area contributed by atoms with E-state index in [0.29, 0.717) is 6.54 Å². The Labute approximate surface area is 117 Å². The van der Waals surface area contributed by atoms with Crippen LogP contribution in [0.4, 0.5) is 5.69 Å². The highest BCUT2D eigenvalue weighted by molar-refractivity contribution is 5.93. The molecule has 1 aromatic heterocycles. The molecular formula is C15H16N4O. The zero-order chi connectivity index (χ0) is 14.4. The number of anilines is 1. The number of carbonyl (C=O) groups excluding carboxylic acids is 1. The summed E-state index contributed by atoms with van der Waals surface area (Å²) in [6.07, 6.45) is 3.41. The maximum Gasteiger partial charge on any atom is 0.248 e. The summed E-state index contributed by atoms with van der Waals surface area (Å²) >= 11 is 0. The normalized spacial score (nSPS) is 11.3. The fourth-order valence-corrected chi connectivity index (χ4v) is 1.67. The largest absolute Gasteiger partial charge is 0.324 e. The number of benzene rings is 1. The second kappa shape index (κ2) is 6.55. The maximum absolute atomic E-state index is 12.1. The second-order valence-corrected chi connectivity index (χ2v) is 4.23. The predicted molar refractivity (Wildman–Crippen MR) is 77.9 cm³/mol. The van der Waals surface area contributed by atoms with Gasteiger partial charge in [-0.1, -0.05) is 11.8 Å². The lowest BCUT2D eigenvalue weighted by Crippen LogP contribution is -2.23. The third-order valence-corrected chi connectivity index (χ3v) is 2.79. The lowest BCUT2D eigenvalue weighted by Gasteiger charge is -2.12. The van der Waals surface area contributed by atoms with Gasteiger partial charge in [-0.15, -0.1) is 0 Å². The number of amides is 1. The highest BCUT2D eigenvalue weighted by atomic mass is 16.2. The van der Waals surface area contributed by atoms with Gasteiger partial charge in [-0.05, 0) is 37.3 Å². The summed E-state index contributed by atoms with van der Waals surface area (Å²) in [5, 5.41) is 6.89. The van der Waals surface area contributed by atoms with Gasteiger partial charge < -0.3 is 11.1 Å². The molecule has 1 unspecified atom stereocenters. The fraction of sp³-hybridized carbons (Fsp3) is 0.200. The number of carbonyl (C=O) groups is 1. The predicted octanol–water partition coefficient (Wildman–Crippen LogP) is 1.39. The molecule has 2 aromatic rings. The first kappa shape index (κ1) is 13.8. The molecule has 102 valence electrons. The lowest BCUT2D eigenvalue weighted by atomic mass is 10.2. The zero-order valence-corrected chi connectivity index (χ0v) is 11.2. The van der Waals surface area contributed by atoms with Gasteiger partial charge in [0, 0.05) is 23.6 Å². The number of aromatic nitrogens is 2. The Kier molecular flexibility index (Phi) is 4.53. The van der Waals surface area contributed by atoms with Crippen molar-refractivity contribution in [1.29, 1.82) is 0 Å². The van der Waals surface area contributed by atoms with Crippen molar-refractivity contribution in [1.82, 2.24) is 9.78 Å². The van der Waals surface area contributed by atoms with Crippen molar-refractivity contribution in [2.45, 2.75) is 13.0 Å². The van der Waals surface area contributed by atoms with E-state index in [1.165, 1.54) is 0 Å². The van der Waals surface area contributed by atoms with E-state index >= 15 is 0 Å². The van der Waals surface area contributed by atoms with Crippen LogP contribution in [0.3, 0.4) is 0 Å². The molecule has 0 saturated carbocycles. The van der Waals surface area contributed by atoms with Crippen LogP contribution >= 0.6 is 0 Å². The van der Waals surface area contributed by atoms with Crippen molar-refractivity contribution in [3.8, 4) is 11.8 Å². The Bertz CT molecular complexity index is 620. The lowest BCUT2D eigenvalue weighted by molar-refractivity contribution is -0.119. The minimum atomic E-state index is -0.360. The summed E-state index contributed by atoms with van der Waals surface area (Å²) in [7, 11) is 0. The van der Waals surface area contributed by atoms with E-state index in [2.05, 4.69) is 22.3 Å². The van der Waals surface area contributed by atoms with Crippen molar-refractivity contribution >= 4 is 11.6 Å². The van der Waals surface area contributed by atoms with Crippen molar-refractivity contribution in [2.75, 3.05) is 11.9 Å². The van der Waals surface area contributed by atoms with Crippen LogP contribution in [0.15, 0.2) is 42.7 Å². The number of rotatable bonds is 3. The van der Waals surface area contributed by atoms with E-state index in [1.807, 2.05) is 24.3 Å². The molecule has 0 aliphatic heterocycles. The van der Waals surface area contributed by atoms with Crippen LogP contribution in [-0.2, 0) is 4.79 Å². The first-order valence-electron chi connectivity index (χ1n) is 6.29. The van der Waals surface area contributed by atoms with Gasteiger partial charge in [0.1, 0.15) is 6.04 Å². The van der Waals surface area contributed by atoms with Gasteiger partial charge in [-0.3, -0.25) is 9.48 Å². The first-order chi connectivity index (χ1) is 9.70. The molecule has 0 saturated heterocycles. The summed E-state index contributed by atoms with van der Waals surface area (Å²) in [6.45, 7) is 2.13. The van der Waals surface area contributed by atoms with Gasteiger partial charge in [-0.2, -0.15) is 5.10 Å². The Balaban J connectivity index is 2.01. The number of nitrogens with one attached hydrogen (secondary N) is 1. The molecule has 0 aliphatic carbocycles. The van der Waals surface area contributed by atoms with Gasteiger partial charge in [0.05, 0.1) is 6.54 Å². The fourth-order valence-electron chi connectivity index (χ4n) is 1.67. The van der Waals surface area contributed by atoms with Crippen molar-refractivity contribution in [2.24, 2.45) is 5.73 Å². The van der Waals surface area contributed by atoms with Crippen molar-refractivity contribution in [3.05, 3.63) is 48.3 Å². The van der Waals surface area contributed by atoms with Gasteiger partial charge >= 0.3 is 0 Å². The molecule has 20 heavy (non-hydrogen) atoms. The van der Waals surface area contributed by atoms with Crippen LogP contribution in [0.2, 0.25) is 0 Å². The molecule has 1 amide bonds. The van der Waals surface area contributed by atoms with Crippen LogP contribution in [0.5, 0.6) is 0 Å². The van der Waals surface area contributed by atoms with E-state index in [9.17, 15) is 4.79 Å². The molecule has 5 nitrogen and oxygen atoms in total. The molecular weight excluding hydrogens is 252 g/mol. The Morgan fingerprint density at radius 2 is 2.20 bits per heavy atom. The van der Waals surface area contributed by atoms with Crippen LogP contribution in [-0.4, -0.2) is 22.2 Å². The number of nitrogens with two attached hydrogens (primary N) is 1. The molecule has 1 heterocycles. The van der Waals surface area contributed by atoms with Gasteiger partial charge in [0.15, 0.2) is 0 Å². The van der Waals surface area contributed by atoms with E-state index in [4.69, 9.17) is 5.73 Å². The van der Waals surface area contributed by atoms with Crippen LogP contribution in [0.25, 0.3) is 0 Å². The standard InChI is InChI=1S/C15H16N4O/c1-12(19-11-3-10-17-19)15(20)18-14-7-5-13(6-8-14)4-2-9-16/h3,5-8,10-12H,9,16H2,1H3,(H,18,20). The van der Waals surface area contributed by atoms with Crippen LogP contribution in [0.1, 0.15) is 18.5 Å². The van der Waals surface area contributed by atoms with Gasteiger partial charge in [-0.25, -0.2) is 0 Å². The smallest absolute Gasteiger partial charge is 0.248 e. The maximum atomic E-state index is 12.1. The average molecular weight is 268 g/mol. The Morgan fingerprint density at radius 3 is 2.80 bits per heavy atom. The topological polar surface area (TPSA) is 72.9 Å². The molecule has 2 rings (SSSR count). The van der Waals surface area contributed by atoms with E-state index < -0.39 is 0 Å². The molecule has 0 radical (unpaired) electrons. The van der Waals surface area contributed by atoms with Crippen molar-refractivity contribution in [3.63, 3.8) is 0 Å².